The van der Waals surface area contributed by atoms with E-state index in [1.165, 1.54) is 22.3 Å². The summed E-state index contributed by atoms with van der Waals surface area (Å²) in [6.07, 6.45) is 9.31. The van der Waals surface area contributed by atoms with E-state index in [0.717, 1.165) is 76.4 Å². The molecule has 264 valence electrons. The van der Waals surface area contributed by atoms with Gasteiger partial charge in [-0.05, 0) is 80.2 Å². The van der Waals surface area contributed by atoms with Gasteiger partial charge in [-0.2, -0.15) is 0 Å². The van der Waals surface area contributed by atoms with Gasteiger partial charge in [0.15, 0.2) is 0 Å². The third kappa shape index (κ3) is 11.5. The van der Waals surface area contributed by atoms with Crippen LogP contribution in [-0.4, -0.2) is 76.3 Å². The minimum absolute atomic E-state index is 0.218. The molecule has 0 unspecified atom stereocenters. The number of aliphatic hydroxyl groups excluding tert-OH is 1. The number of hydrogen-bond donors (Lipinski definition) is 1. The minimum atomic E-state index is -1.29. The zero-order chi connectivity index (χ0) is 33.9. The Morgan fingerprint density at radius 1 is 0.809 bits per heavy atom. The van der Waals surface area contributed by atoms with Gasteiger partial charge in [0.2, 0.25) is 5.79 Å². The second-order valence-electron chi connectivity index (χ2n) is 12.7. The summed E-state index contributed by atoms with van der Waals surface area (Å²) in [6.45, 7) is 15.1. The maximum absolute atomic E-state index is 10.6. The molecule has 7 nitrogen and oxygen atoms in total. The highest BCUT2D eigenvalue weighted by atomic mass is 16.7. The van der Waals surface area contributed by atoms with Crippen LogP contribution >= 0.6 is 0 Å². The van der Waals surface area contributed by atoms with Crippen LogP contribution in [0.4, 0.5) is 0 Å². The van der Waals surface area contributed by atoms with Gasteiger partial charge in [-0.15, -0.1) is 6.58 Å². The highest BCUT2D eigenvalue weighted by molar-refractivity contribution is 5.38. The van der Waals surface area contributed by atoms with Crippen LogP contribution in [0, 0.1) is 6.92 Å². The standard InChI is InChI=1S/C40H62O7/c1-7-11-25-44-37-36(30-41)47-40(42-6,39(46-27-13-9-3)38(37)45-26-12-8-2)35-22-17-31(5)34(29-35)28-33-20-18-32(19-21-33)16-14-15-24-43-23-10-4/h10,17-22,29,36-39,41H,4,7-9,11-16,23-28,30H2,1-3,5-6H3/t36-,37-,38+,39-,40+/m1/s1. The van der Waals surface area contributed by atoms with Crippen molar-refractivity contribution in [2.45, 2.75) is 122 Å². The van der Waals surface area contributed by atoms with Gasteiger partial charge in [-0.25, -0.2) is 0 Å². The molecule has 1 saturated heterocycles. The number of ether oxygens (including phenoxy) is 6. The summed E-state index contributed by atoms with van der Waals surface area (Å²) in [4.78, 5) is 0. The summed E-state index contributed by atoms with van der Waals surface area (Å²) in [5.41, 5.74) is 5.81. The highest BCUT2D eigenvalue weighted by Gasteiger charge is 2.58. The molecule has 5 atom stereocenters. The van der Waals surface area contributed by atoms with Gasteiger partial charge < -0.3 is 33.5 Å². The Morgan fingerprint density at radius 3 is 2.06 bits per heavy atom. The molecule has 0 saturated carbocycles. The van der Waals surface area contributed by atoms with E-state index in [-0.39, 0.29) is 6.61 Å². The van der Waals surface area contributed by atoms with Crippen molar-refractivity contribution < 1.29 is 33.5 Å². The molecule has 0 bridgehead atoms. The molecule has 2 aromatic rings. The smallest absolute Gasteiger partial charge is 0.225 e. The van der Waals surface area contributed by atoms with Crippen LogP contribution < -0.4 is 0 Å². The number of aryl methyl sites for hydroxylation is 2. The van der Waals surface area contributed by atoms with Crippen LogP contribution in [0.1, 0.15) is 100.0 Å². The molecule has 1 N–H and O–H groups in total. The Balaban J connectivity index is 1.91. The highest BCUT2D eigenvalue weighted by Crippen LogP contribution is 2.43. The van der Waals surface area contributed by atoms with Gasteiger partial charge in [0, 0.05) is 39.1 Å². The number of unbranched alkanes of at least 4 members (excludes halogenated alkanes) is 4. The number of methoxy groups -OCH3 is 1. The van der Waals surface area contributed by atoms with E-state index in [2.05, 4.69) is 76.7 Å². The molecule has 1 fully saturated rings. The lowest BCUT2D eigenvalue weighted by Gasteiger charge is -2.52. The molecular formula is C40H62O7. The summed E-state index contributed by atoms with van der Waals surface area (Å²) in [6, 6.07) is 15.3. The number of benzene rings is 2. The second kappa shape index (κ2) is 21.8. The SMILES string of the molecule is C=CCOCCCCc1ccc(Cc2cc([C@]3(OC)O[C@H](CO)[C@@H](OCCCC)[C@H](OCCCC)[C@H]3OCCCC)ccc2C)cc1. The number of rotatable bonds is 24. The van der Waals surface area contributed by atoms with E-state index < -0.39 is 30.2 Å². The first-order chi connectivity index (χ1) is 23.0. The van der Waals surface area contributed by atoms with E-state index in [1.807, 2.05) is 0 Å². The van der Waals surface area contributed by atoms with Crippen molar-refractivity contribution in [2.75, 3.05) is 46.8 Å². The van der Waals surface area contributed by atoms with E-state index >= 15 is 0 Å². The minimum Gasteiger partial charge on any atom is -0.394 e. The molecule has 1 aliphatic rings. The second-order valence-corrected chi connectivity index (χ2v) is 12.7. The molecule has 3 rings (SSSR count). The van der Waals surface area contributed by atoms with Gasteiger partial charge >= 0.3 is 0 Å². The monoisotopic (exact) mass is 654 g/mol. The average Bonchev–Trinajstić information content (AvgIpc) is 3.09. The fourth-order valence-corrected chi connectivity index (χ4v) is 6.11. The van der Waals surface area contributed by atoms with Crippen molar-refractivity contribution in [1.82, 2.24) is 0 Å². The molecule has 1 aliphatic heterocycles. The van der Waals surface area contributed by atoms with Crippen molar-refractivity contribution in [3.05, 3.63) is 82.9 Å². The lowest BCUT2D eigenvalue weighted by atomic mass is 9.85. The van der Waals surface area contributed by atoms with Gasteiger partial charge in [0.25, 0.3) is 0 Å². The summed E-state index contributed by atoms with van der Waals surface area (Å²) in [7, 11) is 1.66. The maximum atomic E-state index is 10.6. The zero-order valence-electron chi connectivity index (χ0n) is 29.8. The fourth-order valence-electron chi connectivity index (χ4n) is 6.11. The van der Waals surface area contributed by atoms with Crippen molar-refractivity contribution >= 4 is 0 Å². The summed E-state index contributed by atoms with van der Waals surface area (Å²) < 4.78 is 38.4. The molecule has 1 heterocycles. The van der Waals surface area contributed by atoms with Gasteiger partial charge in [0.05, 0.1) is 13.2 Å². The molecule has 47 heavy (non-hydrogen) atoms. The van der Waals surface area contributed by atoms with Crippen molar-refractivity contribution in [3.8, 4) is 0 Å². The zero-order valence-corrected chi connectivity index (χ0v) is 29.8. The first kappa shape index (κ1) is 39.3. The topological polar surface area (TPSA) is 75.6 Å². The van der Waals surface area contributed by atoms with Crippen LogP contribution in [0.25, 0.3) is 0 Å². The van der Waals surface area contributed by atoms with E-state index in [4.69, 9.17) is 28.4 Å². The number of hydrogen-bond acceptors (Lipinski definition) is 7. The molecule has 0 radical (unpaired) electrons. The van der Waals surface area contributed by atoms with E-state index in [1.54, 1.807) is 13.2 Å². The van der Waals surface area contributed by atoms with Gasteiger partial charge in [-0.1, -0.05) is 82.5 Å². The van der Waals surface area contributed by atoms with Crippen LogP contribution in [0.15, 0.2) is 55.1 Å². The van der Waals surface area contributed by atoms with Gasteiger partial charge in [0.1, 0.15) is 24.4 Å². The Kier molecular flexibility index (Phi) is 18.2. The lowest BCUT2D eigenvalue weighted by Crippen LogP contribution is -2.66. The normalized spacial score (nSPS) is 22.9. The Bertz CT molecular complexity index is 1140. The van der Waals surface area contributed by atoms with E-state index in [9.17, 15) is 5.11 Å². The largest absolute Gasteiger partial charge is 0.394 e. The van der Waals surface area contributed by atoms with Crippen LogP contribution in [-0.2, 0) is 47.0 Å². The first-order valence-corrected chi connectivity index (χ1v) is 18.0. The van der Waals surface area contributed by atoms with Crippen molar-refractivity contribution in [2.24, 2.45) is 0 Å². The molecule has 2 aromatic carbocycles. The van der Waals surface area contributed by atoms with Crippen LogP contribution in [0.2, 0.25) is 0 Å². The Morgan fingerprint density at radius 2 is 1.45 bits per heavy atom. The number of aliphatic hydroxyl groups is 1. The fraction of sp³-hybridized carbons (Fsp3) is 0.650. The quantitative estimate of drug-likeness (QED) is 0.0913. The van der Waals surface area contributed by atoms with Crippen LogP contribution in [0.3, 0.4) is 0 Å². The molecule has 0 aromatic heterocycles. The average molecular weight is 655 g/mol. The third-order valence-corrected chi connectivity index (χ3v) is 8.99. The molecular weight excluding hydrogens is 592 g/mol. The summed E-state index contributed by atoms with van der Waals surface area (Å²) in [5.74, 6) is -1.29. The summed E-state index contributed by atoms with van der Waals surface area (Å²) in [5, 5.41) is 10.6. The Labute approximate surface area is 284 Å². The summed E-state index contributed by atoms with van der Waals surface area (Å²) >= 11 is 0. The van der Waals surface area contributed by atoms with Gasteiger partial charge in [-0.3, -0.25) is 0 Å². The predicted octanol–water partition coefficient (Wildman–Crippen LogP) is 7.86. The third-order valence-electron chi connectivity index (χ3n) is 8.99. The maximum Gasteiger partial charge on any atom is 0.225 e. The molecule has 0 aliphatic carbocycles. The Hall–Kier alpha value is -2.10. The lowest BCUT2D eigenvalue weighted by molar-refractivity contribution is -0.381. The predicted molar refractivity (Wildman–Crippen MR) is 189 cm³/mol. The molecule has 7 heteroatoms. The van der Waals surface area contributed by atoms with Crippen molar-refractivity contribution in [1.29, 1.82) is 0 Å². The van der Waals surface area contributed by atoms with Crippen LogP contribution in [0.5, 0.6) is 0 Å². The molecule has 0 amide bonds. The molecule has 0 spiro atoms. The first-order valence-electron chi connectivity index (χ1n) is 18.0. The van der Waals surface area contributed by atoms with E-state index in [0.29, 0.717) is 26.4 Å². The van der Waals surface area contributed by atoms with Crippen molar-refractivity contribution in [3.63, 3.8) is 0 Å².